The van der Waals surface area contributed by atoms with E-state index in [0.29, 0.717) is 43.7 Å². The number of rotatable bonds is 6. The Labute approximate surface area is 195 Å². The van der Waals surface area contributed by atoms with Gasteiger partial charge in [0.15, 0.2) is 15.8 Å². The molecule has 0 saturated carbocycles. The summed E-state index contributed by atoms with van der Waals surface area (Å²) < 4.78 is 29.0. The first-order chi connectivity index (χ1) is 13.5. The number of nitrogens with zero attached hydrogens (tertiary/aromatic N) is 2. The molecule has 0 aliphatic carbocycles. The third-order valence-electron chi connectivity index (χ3n) is 5.08. The van der Waals surface area contributed by atoms with Crippen molar-refractivity contribution in [2.75, 3.05) is 50.9 Å². The van der Waals surface area contributed by atoms with E-state index in [1.165, 1.54) is 0 Å². The Morgan fingerprint density at radius 3 is 2.59 bits per heavy atom. The molecule has 0 aromatic heterocycles. The number of benzene rings is 1. The van der Waals surface area contributed by atoms with Gasteiger partial charge in [0.05, 0.1) is 37.3 Å². The van der Waals surface area contributed by atoms with Crippen LogP contribution in [0.25, 0.3) is 0 Å². The molecule has 0 bridgehead atoms. The number of hydrogen-bond donors (Lipinski definition) is 2. The summed E-state index contributed by atoms with van der Waals surface area (Å²) in [6.45, 7) is 6.42. The van der Waals surface area contributed by atoms with Gasteiger partial charge in [-0.3, -0.25) is 9.89 Å². The number of morpholine rings is 1. The lowest BCUT2D eigenvalue weighted by Gasteiger charge is -2.34. The Kier molecular flexibility index (Phi) is 9.93. The van der Waals surface area contributed by atoms with Crippen molar-refractivity contribution in [3.8, 4) is 0 Å². The van der Waals surface area contributed by atoms with Gasteiger partial charge in [0.25, 0.3) is 0 Å². The molecule has 2 fully saturated rings. The zero-order chi connectivity index (χ0) is 20.0. The minimum absolute atomic E-state index is 0. The highest BCUT2D eigenvalue weighted by Crippen LogP contribution is 2.24. The second kappa shape index (κ2) is 11.7. The predicted octanol–water partition coefficient (Wildman–Crippen LogP) is 2.07. The zero-order valence-corrected chi connectivity index (χ0v) is 20.5. The van der Waals surface area contributed by atoms with Gasteiger partial charge in [-0.25, -0.2) is 8.42 Å². The lowest BCUT2D eigenvalue weighted by atomic mass is 10.0. The highest BCUT2D eigenvalue weighted by molar-refractivity contribution is 14.0. The van der Waals surface area contributed by atoms with E-state index in [2.05, 4.69) is 15.5 Å². The van der Waals surface area contributed by atoms with E-state index in [0.717, 1.165) is 18.7 Å². The third kappa shape index (κ3) is 7.54. The minimum atomic E-state index is -2.93. The molecular weight excluding hydrogens is 527 g/mol. The molecule has 29 heavy (non-hydrogen) atoms. The van der Waals surface area contributed by atoms with E-state index in [4.69, 9.17) is 21.3 Å². The van der Waals surface area contributed by atoms with Crippen molar-refractivity contribution < 1.29 is 13.2 Å². The maximum atomic E-state index is 11.7. The number of guanidine groups is 1. The number of halogens is 2. The molecule has 0 radical (unpaired) electrons. The molecule has 1 aromatic carbocycles. The molecule has 1 aromatic rings. The number of ether oxygens (including phenoxy) is 1. The molecule has 7 nitrogen and oxygen atoms in total. The minimum Gasteiger partial charge on any atom is -0.379 e. The van der Waals surface area contributed by atoms with Crippen molar-refractivity contribution in [1.29, 1.82) is 0 Å². The monoisotopic (exact) mass is 556 g/mol. The van der Waals surface area contributed by atoms with Crippen LogP contribution in [0, 0.1) is 0 Å². The summed E-state index contributed by atoms with van der Waals surface area (Å²) in [6, 6.07) is 7.93. The molecule has 2 aliphatic heterocycles. The highest BCUT2D eigenvalue weighted by Gasteiger charge is 2.28. The molecule has 10 heteroatoms. The molecular formula is C19H30ClIN4O3S. The lowest BCUT2D eigenvalue weighted by Crippen LogP contribution is -2.45. The Morgan fingerprint density at radius 2 is 2.00 bits per heavy atom. The fraction of sp³-hybridized carbons (Fsp3) is 0.632. The molecule has 2 unspecified atom stereocenters. The fourth-order valence-corrected chi connectivity index (χ4v) is 5.41. The van der Waals surface area contributed by atoms with E-state index >= 15 is 0 Å². The van der Waals surface area contributed by atoms with E-state index in [9.17, 15) is 8.42 Å². The third-order valence-corrected chi connectivity index (χ3v) is 7.10. The summed E-state index contributed by atoms with van der Waals surface area (Å²) in [6.07, 6.45) is 0.622. The summed E-state index contributed by atoms with van der Waals surface area (Å²) >= 11 is 6.06. The van der Waals surface area contributed by atoms with Crippen LogP contribution in [-0.4, -0.2) is 76.2 Å². The van der Waals surface area contributed by atoms with Crippen molar-refractivity contribution in [3.05, 3.63) is 34.9 Å². The number of sulfone groups is 1. The van der Waals surface area contributed by atoms with Crippen molar-refractivity contribution >= 4 is 51.4 Å². The SMILES string of the molecule is CCNC(=NCC(c1ccc(Cl)cc1)N1CCOCC1)NC1CCS(=O)(=O)C1.I. The normalized spacial score (nSPS) is 23.2. The Hall–Kier alpha value is -0.620. The van der Waals surface area contributed by atoms with Crippen molar-refractivity contribution in [3.63, 3.8) is 0 Å². The molecule has 3 rings (SSSR count). The summed E-state index contributed by atoms with van der Waals surface area (Å²) in [7, 11) is -2.93. The van der Waals surface area contributed by atoms with Gasteiger partial charge in [0.1, 0.15) is 0 Å². The van der Waals surface area contributed by atoms with E-state index in [1.807, 2.05) is 31.2 Å². The first kappa shape index (κ1) is 24.6. The Balaban J connectivity index is 0.00000300. The van der Waals surface area contributed by atoms with E-state index in [1.54, 1.807) is 0 Å². The highest BCUT2D eigenvalue weighted by atomic mass is 127. The van der Waals surface area contributed by atoms with E-state index in [-0.39, 0.29) is 47.6 Å². The maximum Gasteiger partial charge on any atom is 0.191 e. The van der Waals surface area contributed by atoms with Crippen LogP contribution >= 0.6 is 35.6 Å². The van der Waals surface area contributed by atoms with Gasteiger partial charge in [-0.1, -0.05) is 23.7 Å². The van der Waals surface area contributed by atoms with Gasteiger partial charge >= 0.3 is 0 Å². The molecule has 2 saturated heterocycles. The Bertz CT molecular complexity index is 770. The topological polar surface area (TPSA) is 83.0 Å². The first-order valence-corrected chi connectivity index (χ1v) is 12.0. The van der Waals surface area contributed by atoms with Crippen LogP contribution in [0.2, 0.25) is 5.02 Å². The van der Waals surface area contributed by atoms with E-state index < -0.39 is 9.84 Å². The van der Waals surface area contributed by atoms with Crippen molar-refractivity contribution in [2.24, 2.45) is 4.99 Å². The molecule has 0 spiro atoms. The fourth-order valence-electron chi connectivity index (χ4n) is 3.61. The number of nitrogens with one attached hydrogen (secondary N) is 2. The number of aliphatic imine (C=N–C) groups is 1. The Morgan fingerprint density at radius 1 is 1.31 bits per heavy atom. The second-order valence-corrected chi connectivity index (χ2v) is 9.84. The predicted molar refractivity (Wildman–Crippen MR) is 128 cm³/mol. The standard InChI is InChI=1S/C19H29ClN4O3S.HI/c1-2-21-19(23-17-7-12-28(25,26)14-17)22-13-18(24-8-10-27-11-9-24)15-3-5-16(20)6-4-15;/h3-6,17-18H,2,7-14H2,1H3,(H2,21,22,23);1H. The number of hydrogen-bond acceptors (Lipinski definition) is 5. The van der Waals surface area contributed by atoms with Crippen LogP contribution < -0.4 is 10.6 Å². The van der Waals surface area contributed by atoms with Gasteiger partial charge in [0.2, 0.25) is 0 Å². The van der Waals surface area contributed by atoms with Gasteiger partial charge in [-0.15, -0.1) is 24.0 Å². The van der Waals surface area contributed by atoms with Crippen LogP contribution in [-0.2, 0) is 14.6 Å². The smallest absolute Gasteiger partial charge is 0.191 e. The van der Waals surface area contributed by atoms with Gasteiger partial charge in [0, 0.05) is 30.7 Å². The quantitative estimate of drug-likeness (QED) is 0.317. The average Bonchev–Trinajstić information content (AvgIpc) is 3.02. The van der Waals surface area contributed by atoms with Crippen LogP contribution in [0.5, 0.6) is 0 Å². The van der Waals surface area contributed by atoms with Crippen LogP contribution in [0.4, 0.5) is 0 Å². The van der Waals surface area contributed by atoms with Gasteiger partial charge < -0.3 is 15.4 Å². The molecule has 2 heterocycles. The van der Waals surface area contributed by atoms with Gasteiger partial charge in [-0.05, 0) is 31.0 Å². The molecule has 0 amide bonds. The van der Waals surface area contributed by atoms with Crippen molar-refractivity contribution in [2.45, 2.75) is 25.4 Å². The lowest BCUT2D eigenvalue weighted by molar-refractivity contribution is 0.0179. The zero-order valence-electron chi connectivity index (χ0n) is 16.6. The maximum absolute atomic E-state index is 11.7. The second-order valence-electron chi connectivity index (χ2n) is 7.18. The summed E-state index contributed by atoms with van der Waals surface area (Å²) in [4.78, 5) is 7.16. The van der Waals surface area contributed by atoms with Crippen LogP contribution in [0.1, 0.15) is 24.9 Å². The largest absolute Gasteiger partial charge is 0.379 e. The summed E-state index contributed by atoms with van der Waals surface area (Å²) in [5.41, 5.74) is 1.16. The average molecular weight is 557 g/mol. The summed E-state index contributed by atoms with van der Waals surface area (Å²) in [5.74, 6) is 1.07. The molecule has 2 atom stereocenters. The molecule has 2 aliphatic rings. The van der Waals surface area contributed by atoms with Crippen molar-refractivity contribution in [1.82, 2.24) is 15.5 Å². The summed E-state index contributed by atoms with van der Waals surface area (Å²) in [5, 5.41) is 7.24. The van der Waals surface area contributed by atoms with Crippen LogP contribution in [0.3, 0.4) is 0 Å². The first-order valence-electron chi connectivity index (χ1n) is 9.79. The molecule has 164 valence electrons. The van der Waals surface area contributed by atoms with Crippen LogP contribution in [0.15, 0.2) is 29.3 Å². The van der Waals surface area contributed by atoms with Gasteiger partial charge in [-0.2, -0.15) is 0 Å². The molecule has 2 N–H and O–H groups in total.